The van der Waals surface area contributed by atoms with Gasteiger partial charge in [-0.05, 0) is 48.7 Å². The maximum absolute atomic E-state index is 13.0. The summed E-state index contributed by atoms with van der Waals surface area (Å²) in [6, 6.07) is 13.7. The molecule has 4 rings (SSSR count). The van der Waals surface area contributed by atoms with Crippen LogP contribution in [0.5, 0.6) is 0 Å². The van der Waals surface area contributed by atoms with E-state index in [2.05, 4.69) is 15.6 Å². The molecule has 8 nitrogen and oxygen atoms in total. The Kier molecular flexibility index (Phi) is 5.71. The van der Waals surface area contributed by atoms with Crippen LogP contribution in [0, 0.1) is 0 Å². The SMILES string of the molecule is CN(CC(=O)Nc1ccnc2ccccc12)S(=O)(=O)c1ccc2c(c1)CCCC(=O)N2. The van der Waals surface area contributed by atoms with Crippen molar-refractivity contribution in [1.29, 1.82) is 0 Å². The first-order valence-corrected chi connectivity index (χ1v) is 11.3. The number of para-hydroxylation sites is 1. The molecule has 0 bridgehead atoms. The molecule has 0 atom stereocenters. The number of hydrogen-bond acceptors (Lipinski definition) is 5. The summed E-state index contributed by atoms with van der Waals surface area (Å²) < 4.78 is 27.1. The molecule has 0 unspecified atom stereocenters. The molecular weight excluding hydrogens is 416 g/mol. The number of aromatic nitrogens is 1. The number of pyridine rings is 1. The van der Waals surface area contributed by atoms with Crippen molar-refractivity contribution in [1.82, 2.24) is 9.29 Å². The van der Waals surface area contributed by atoms with E-state index in [4.69, 9.17) is 0 Å². The second kappa shape index (κ2) is 8.44. The minimum atomic E-state index is -3.88. The zero-order valence-electron chi connectivity index (χ0n) is 17.0. The molecule has 1 aliphatic rings. The number of hydrogen-bond donors (Lipinski definition) is 2. The Morgan fingerprint density at radius 2 is 1.97 bits per heavy atom. The Hall–Kier alpha value is -3.30. The number of fused-ring (bicyclic) bond motifs is 2. The largest absolute Gasteiger partial charge is 0.326 e. The van der Waals surface area contributed by atoms with Crippen molar-refractivity contribution in [3.63, 3.8) is 0 Å². The molecule has 1 aliphatic heterocycles. The van der Waals surface area contributed by atoms with E-state index in [-0.39, 0.29) is 17.3 Å². The number of rotatable bonds is 5. The van der Waals surface area contributed by atoms with Crippen molar-refractivity contribution in [2.24, 2.45) is 0 Å². The van der Waals surface area contributed by atoms with Crippen LogP contribution in [0.4, 0.5) is 11.4 Å². The number of carbonyl (C=O) groups excluding carboxylic acids is 2. The number of sulfonamides is 1. The Balaban J connectivity index is 1.51. The molecule has 0 aliphatic carbocycles. The van der Waals surface area contributed by atoms with Crippen LogP contribution in [0.25, 0.3) is 10.9 Å². The number of likely N-dealkylation sites (N-methyl/N-ethyl adjacent to an activating group) is 1. The van der Waals surface area contributed by atoms with Gasteiger partial charge in [-0.1, -0.05) is 18.2 Å². The second-order valence-electron chi connectivity index (χ2n) is 7.41. The molecule has 2 aromatic carbocycles. The van der Waals surface area contributed by atoms with Crippen LogP contribution in [0.3, 0.4) is 0 Å². The number of nitrogens with one attached hydrogen (secondary N) is 2. The van der Waals surface area contributed by atoms with E-state index in [9.17, 15) is 18.0 Å². The number of carbonyl (C=O) groups is 2. The summed E-state index contributed by atoms with van der Waals surface area (Å²) in [7, 11) is -2.51. The smallest absolute Gasteiger partial charge is 0.243 e. The lowest BCUT2D eigenvalue weighted by Gasteiger charge is -2.18. The molecule has 2 heterocycles. The van der Waals surface area contributed by atoms with Gasteiger partial charge in [0.15, 0.2) is 0 Å². The zero-order chi connectivity index (χ0) is 22.0. The third-order valence-electron chi connectivity index (χ3n) is 5.20. The number of anilines is 2. The molecule has 1 aromatic heterocycles. The van der Waals surface area contributed by atoms with Gasteiger partial charge in [-0.3, -0.25) is 14.6 Å². The third kappa shape index (κ3) is 4.42. The lowest BCUT2D eigenvalue weighted by atomic mass is 10.1. The van der Waals surface area contributed by atoms with Gasteiger partial charge in [0, 0.05) is 30.7 Å². The zero-order valence-corrected chi connectivity index (χ0v) is 17.8. The predicted octanol–water partition coefficient (Wildman–Crippen LogP) is 2.77. The normalized spacial score (nSPS) is 14.1. The first-order valence-electron chi connectivity index (χ1n) is 9.87. The van der Waals surface area contributed by atoms with Gasteiger partial charge in [0.1, 0.15) is 0 Å². The second-order valence-corrected chi connectivity index (χ2v) is 9.45. The van der Waals surface area contributed by atoms with Crippen molar-refractivity contribution in [2.45, 2.75) is 24.2 Å². The summed E-state index contributed by atoms with van der Waals surface area (Å²) in [6.07, 6.45) is 3.25. The van der Waals surface area contributed by atoms with E-state index < -0.39 is 15.9 Å². The van der Waals surface area contributed by atoms with Crippen LogP contribution in [0.2, 0.25) is 0 Å². The van der Waals surface area contributed by atoms with Crippen LogP contribution in [0.15, 0.2) is 59.6 Å². The van der Waals surface area contributed by atoms with Gasteiger partial charge in [-0.25, -0.2) is 8.42 Å². The lowest BCUT2D eigenvalue weighted by molar-refractivity contribution is -0.117. The molecule has 0 saturated carbocycles. The van der Waals surface area contributed by atoms with Crippen molar-refractivity contribution in [2.75, 3.05) is 24.2 Å². The third-order valence-corrected chi connectivity index (χ3v) is 7.00. The lowest BCUT2D eigenvalue weighted by Crippen LogP contribution is -2.35. The number of aryl methyl sites for hydroxylation is 1. The number of benzene rings is 2. The van der Waals surface area contributed by atoms with Gasteiger partial charge >= 0.3 is 0 Å². The van der Waals surface area contributed by atoms with Crippen LogP contribution < -0.4 is 10.6 Å². The minimum Gasteiger partial charge on any atom is -0.326 e. The molecule has 160 valence electrons. The summed E-state index contributed by atoms with van der Waals surface area (Å²) in [6.45, 7) is -0.340. The van der Waals surface area contributed by atoms with Gasteiger partial charge in [-0.2, -0.15) is 4.31 Å². The molecule has 0 radical (unpaired) electrons. The fraction of sp³-hybridized carbons (Fsp3) is 0.227. The van der Waals surface area contributed by atoms with Crippen LogP contribution in [-0.4, -0.2) is 43.1 Å². The van der Waals surface area contributed by atoms with Gasteiger partial charge in [0.25, 0.3) is 0 Å². The van der Waals surface area contributed by atoms with E-state index in [1.54, 1.807) is 24.4 Å². The fourth-order valence-electron chi connectivity index (χ4n) is 3.57. The maximum Gasteiger partial charge on any atom is 0.243 e. The standard InChI is InChI=1S/C22H22N4O4S/c1-26(14-22(28)25-20-11-12-23-19-7-3-2-6-17(19)20)31(29,30)16-9-10-18-15(13-16)5-4-8-21(27)24-18/h2-3,6-7,9-13H,4-5,8,14H2,1H3,(H,24,27)(H,23,25,28). The Morgan fingerprint density at radius 3 is 2.81 bits per heavy atom. The highest BCUT2D eigenvalue weighted by Crippen LogP contribution is 2.26. The first kappa shape index (κ1) is 21.0. The predicted molar refractivity (Wildman–Crippen MR) is 118 cm³/mol. The van der Waals surface area contributed by atoms with E-state index >= 15 is 0 Å². The molecule has 2 amide bonds. The van der Waals surface area contributed by atoms with E-state index in [0.717, 1.165) is 20.8 Å². The van der Waals surface area contributed by atoms with E-state index in [1.807, 2.05) is 24.3 Å². The topological polar surface area (TPSA) is 108 Å². The first-order chi connectivity index (χ1) is 14.8. The minimum absolute atomic E-state index is 0.0771. The highest BCUT2D eigenvalue weighted by Gasteiger charge is 2.25. The Bertz CT molecular complexity index is 1270. The number of amides is 2. The van der Waals surface area contributed by atoms with Crippen molar-refractivity contribution in [3.05, 3.63) is 60.3 Å². The van der Waals surface area contributed by atoms with Crippen LogP contribution in [0.1, 0.15) is 18.4 Å². The monoisotopic (exact) mass is 438 g/mol. The molecule has 2 N–H and O–H groups in total. The maximum atomic E-state index is 13.0. The summed E-state index contributed by atoms with van der Waals surface area (Å²) in [5.74, 6) is -0.531. The number of nitrogens with zero attached hydrogens (tertiary/aromatic N) is 2. The van der Waals surface area contributed by atoms with E-state index in [0.29, 0.717) is 30.6 Å². The van der Waals surface area contributed by atoms with Gasteiger partial charge in [-0.15, -0.1) is 0 Å². The molecule has 0 fully saturated rings. The van der Waals surface area contributed by atoms with Crippen molar-refractivity contribution < 1.29 is 18.0 Å². The molecule has 3 aromatic rings. The average molecular weight is 439 g/mol. The molecule has 31 heavy (non-hydrogen) atoms. The Labute approximate surface area is 180 Å². The van der Waals surface area contributed by atoms with Crippen LogP contribution >= 0.6 is 0 Å². The highest BCUT2D eigenvalue weighted by molar-refractivity contribution is 7.89. The summed E-state index contributed by atoms with van der Waals surface area (Å²) in [4.78, 5) is 28.6. The quantitative estimate of drug-likeness (QED) is 0.637. The summed E-state index contributed by atoms with van der Waals surface area (Å²) in [5.41, 5.74) is 2.71. The Morgan fingerprint density at radius 1 is 1.16 bits per heavy atom. The van der Waals surface area contributed by atoms with Gasteiger partial charge < -0.3 is 10.6 Å². The highest BCUT2D eigenvalue weighted by atomic mass is 32.2. The average Bonchev–Trinajstić information content (AvgIpc) is 2.93. The van der Waals surface area contributed by atoms with Crippen LogP contribution in [-0.2, 0) is 26.0 Å². The fourth-order valence-corrected chi connectivity index (χ4v) is 4.75. The van der Waals surface area contributed by atoms with Crippen molar-refractivity contribution in [3.8, 4) is 0 Å². The van der Waals surface area contributed by atoms with Crippen molar-refractivity contribution >= 4 is 44.1 Å². The van der Waals surface area contributed by atoms with E-state index in [1.165, 1.54) is 13.1 Å². The van der Waals surface area contributed by atoms with Gasteiger partial charge in [0.2, 0.25) is 21.8 Å². The molecule has 0 saturated heterocycles. The summed E-state index contributed by atoms with van der Waals surface area (Å²) in [5, 5.41) is 6.33. The molecule has 9 heteroatoms. The van der Waals surface area contributed by atoms with Gasteiger partial charge in [0.05, 0.1) is 22.6 Å². The summed E-state index contributed by atoms with van der Waals surface area (Å²) >= 11 is 0. The molecular formula is C22H22N4O4S. The molecule has 0 spiro atoms.